The molecular weight excluding hydrogens is 912 g/mol. The van der Waals surface area contributed by atoms with Gasteiger partial charge in [0.2, 0.25) is 5.91 Å². The molecule has 0 saturated carbocycles. The van der Waals surface area contributed by atoms with Gasteiger partial charge >= 0.3 is 7.82 Å². The smallest absolute Gasteiger partial charge is 0.391 e. The Morgan fingerprint density at radius 3 is 1.07 bits per heavy atom. The highest BCUT2D eigenvalue weighted by molar-refractivity contribution is 7.47. The van der Waals surface area contributed by atoms with Crippen molar-refractivity contribution in [3.05, 3.63) is 12.2 Å². The number of nitrogens with one attached hydrogen (secondary N) is 1. The fourth-order valence-corrected chi connectivity index (χ4v) is 10.7. The summed E-state index contributed by atoms with van der Waals surface area (Å²) >= 11 is 0. The molecular formula is C63H128N2O6P+. The zero-order chi connectivity index (χ0) is 52.7. The van der Waals surface area contributed by atoms with Crippen molar-refractivity contribution < 1.29 is 32.9 Å². The average Bonchev–Trinajstić information content (AvgIpc) is 3.34. The number of carbonyl (C=O) groups excluding carboxylic acids is 1. The Morgan fingerprint density at radius 2 is 0.750 bits per heavy atom. The topological polar surface area (TPSA) is 105 Å². The number of phosphoric acid groups is 1. The molecule has 0 aromatic heterocycles. The Kier molecular flexibility index (Phi) is 54.4. The lowest BCUT2D eigenvalue weighted by Crippen LogP contribution is -2.46. The predicted molar refractivity (Wildman–Crippen MR) is 314 cm³/mol. The number of unbranched alkanes of at least 4 members (excludes halogenated alkanes) is 45. The molecule has 1 amide bonds. The first-order chi connectivity index (χ1) is 35.0. The summed E-state index contributed by atoms with van der Waals surface area (Å²) in [6, 6.07) is -0.755. The number of likely N-dealkylation sites (N-methyl/N-ethyl adjacent to an activating group) is 1. The van der Waals surface area contributed by atoms with E-state index in [1.807, 2.05) is 21.1 Å². The number of aliphatic hydroxyl groups is 1. The van der Waals surface area contributed by atoms with E-state index >= 15 is 0 Å². The maximum atomic E-state index is 13.0. The second-order valence-corrected chi connectivity index (χ2v) is 25.0. The average molecular weight is 1040 g/mol. The van der Waals surface area contributed by atoms with Crippen LogP contribution in [-0.4, -0.2) is 73.4 Å². The number of rotatable bonds is 60. The van der Waals surface area contributed by atoms with E-state index in [-0.39, 0.29) is 19.1 Å². The maximum Gasteiger partial charge on any atom is 0.472 e. The van der Waals surface area contributed by atoms with Crippen LogP contribution in [0.4, 0.5) is 0 Å². The normalized spacial score (nSPS) is 13.8. The highest BCUT2D eigenvalue weighted by atomic mass is 31.2. The summed E-state index contributed by atoms with van der Waals surface area (Å²) < 4.78 is 23.7. The van der Waals surface area contributed by atoms with Gasteiger partial charge in [-0.05, 0) is 38.5 Å². The molecule has 0 spiro atoms. The van der Waals surface area contributed by atoms with E-state index in [1.54, 1.807) is 0 Å². The van der Waals surface area contributed by atoms with Gasteiger partial charge in [0, 0.05) is 6.42 Å². The van der Waals surface area contributed by atoms with Gasteiger partial charge in [-0.25, -0.2) is 4.57 Å². The number of aliphatic hydroxyl groups excluding tert-OH is 1. The zero-order valence-corrected chi connectivity index (χ0v) is 50.1. The summed E-state index contributed by atoms with van der Waals surface area (Å²) in [6.45, 7) is 4.92. The number of nitrogens with zero attached hydrogens (tertiary/aromatic N) is 1. The Balaban J connectivity index is 3.78. The standard InChI is InChI=1S/C63H127N2O6P/c1-6-8-10-12-14-16-18-19-20-21-22-23-24-25-26-27-28-29-30-31-32-33-34-35-36-37-38-39-40-41-42-43-44-45-47-49-51-53-55-57-63(67)64-61(60-71-72(68,69)70-59-58-65(3,4)5)62(66)56-54-52-50-48-46-17-15-13-11-9-7-2/h21-22,61-62,66H,6-20,23-60H2,1-5H3,(H-,64,67,68,69)/p+1/b22-21-. The van der Waals surface area contributed by atoms with Crippen molar-refractivity contribution in [2.45, 2.75) is 347 Å². The Hall–Kier alpha value is -0.760. The lowest BCUT2D eigenvalue weighted by molar-refractivity contribution is -0.870. The van der Waals surface area contributed by atoms with E-state index < -0.39 is 20.0 Å². The third kappa shape index (κ3) is 57.0. The summed E-state index contributed by atoms with van der Waals surface area (Å²) in [5.74, 6) is -0.138. The molecule has 72 heavy (non-hydrogen) atoms. The number of quaternary nitrogens is 1. The molecule has 9 heteroatoms. The molecule has 3 unspecified atom stereocenters. The fraction of sp³-hybridized carbons (Fsp3) is 0.952. The Morgan fingerprint density at radius 1 is 0.458 bits per heavy atom. The summed E-state index contributed by atoms with van der Waals surface area (Å²) in [6.07, 6.45) is 69.0. The van der Waals surface area contributed by atoms with Gasteiger partial charge in [-0.15, -0.1) is 0 Å². The van der Waals surface area contributed by atoms with Gasteiger partial charge in [0.15, 0.2) is 0 Å². The molecule has 3 N–H and O–H groups in total. The van der Waals surface area contributed by atoms with Crippen LogP contribution in [0.1, 0.15) is 335 Å². The molecule has 0 aliphatic carbocycles. The van der Waals surface area contributed by atoms with Crippen LogP contribution in [0.5, 0.6) is 0 Å². The summed E-state index contributed by atoms with van der Waals surface area (Å²) in [5, 5.41) is 14.0. The third-order valence-corrected chi connectivity index (χ3v) is 16.0. The van der Waals surface area contributed by atoms with Crippen molar-refractivity contribution >= 4 is 13.7 Å². The van der Waals surface area contributed by atoms with E-state index in [2.05, 4.69) is 31.3 Å². The van der Waals surface area contributed by atoms with Crippen molar-refractivity contribution in [2.24, 2.45) is 0 Å². The van der Waals surface area contributed by atoms with Crippen molar-refractivity contribution in [3.8, 4) is 0 Å². The largest absolute Gasteiger partial charge is 0.472 e. The van der Waals surface area contributed by atoms with Crippen LogP contribution in [0.25, 0.3) is 0 Å². The van der Waals surface area contributed by atoms with Crippen LogP contribution < -0.4 is 5.32 Å². The van der Waals surface area contributed by atoms with E-state index in [4.69, 9.17) is 9.05 Å². The van der Waals surface area contributed by atoms with E-state index in [1.165, 1.54) is 270 Å². The summed E-state index contributed by atoms with van der Waals surface area (Å²) in [5.41, 5.74) is 0. The number of hydrogen-bond donors (Lipinski definition) is 3. The first kappa shape index (κ1) is 71.2. The second kappa shape index (κ2) is 55.0. The first-order valence-electron chi connectivity index (χ1n) is 32.1. The Labute approximate surface area is 450 Å². The van der Waals surface area contributed by atoms with Gasteiger partial charge in [-0.1, -0.05) is 302 Å². The predicted octanol–water partition coefficient (Wildman–Crippen LogP) is 19.8. The van der Waals surface area contributed by atoms with Crippen molar-refractivity contribution in [1.82, 2.24) is 5.32 Å². The summed E-state index contributed by atoms with van der Waals surface area (Å²) in [7, 11) is 1.63. The van der Waals surface area contributed by atoms with Crippen LogP contribution in [0.15, 0.2) is 12.2 Å². The van der Waals surface area contributed by atoms with Crippen LogP contribution in [0, 0.1) is 0 Å². The molecule has 0 aromatic carbocycles. The van der Waals surface area contributed by atoms with E-state index in [0.717, 1.165) is 38.5 Å². The molecule has 0 aliphatic heterocycles. The molecule has 0 radical (unpaired) electrons. The van der Waals surface area contributed by atoms with Gasteiger partial charge in [0.05, 0.1) is 39.9 Å². The number of hydrogen-bond acceptors (Lipinski definition) is 5. The minimum atomic E-state index is -4.31. The van der Waals surface area contributed by atoms with E-state index in [9.17, 15) is 19.4 Å². The summed E-state index contributed by atoms with van der Waals surface area (Å²) in [4.78, 5) is 23.3. The molecule has 0 fully saturated rings. The maximum absolute atomic E-state index is 13.0. The molecule has 0 heterocycles. The van der Waals surface area contributed by atoms with Crippen molar-refractivity contribution in [2.75, 3.05) is 40.9 Å². The van der Waals surface area contributed by atoms with Crippen LogP contribution in [0.2, 0.25) is 0 Å². The van der Waals surface area contributed by atoms with Gasteiger partial charge in [0.25, 0.3) is 0 Å². The first-order valence-corrected chi connectivity index (χ1v) is 33.5. The lowest BCUT2D eigenvalue weighted by atomic mass is 10.0. The second-order valence-electron chi connectivity index (χ2n) is 23.5. The molecule has 0 rings (SSSR count). The monoisotopic (exact) mass is 1040 g/mol. The van der Waals surface area contributed by atoms with Gasteiger partial charge < -0.3 is 19.8 Å². The zero-order valence-electron chi connectivity index (χ0n) is 49.2. The number of allylic oxidation sites excluding steroid dienone is 2. The molecule has 0 aliphatic rings. The SMILES string of the molecule is CCCCCCCCCC/C=C\CCCCCCCCCCCCCCCCCCCCCCCCCCCCCC(=O)NC(COP(=O)(O)OCC[N+](C)(C)C)C(O)CCCCCCCCCCCCC. The lowest BCUT2D eigenvalue weighted by Gasteiger charge is -2.26. The van der Waals surface area contributed by atoms with Crippen LogP contribution in [-0.2, 0) is 18.4 Å². The van der Waals surface area contributed by atoms with Crippen molar-refractivity contribution in [3.63, 3.8) is 0 Å². The quantitative estimate of drug-likeness (QED) is 0.0243. The molecule has 0 aromatic rings. The van der Waals surface area contributed by atoms with Crippen molar-refractivity contribution in [1.29, 1.82) is 0 Å². The number of phosphoric ester groups is 1. The highest BCUT2D eigenvalue weighted by Gasteiger charge is 2.28. The molecule has 430 valence electrons. The van der Waals surface area contributed by atoms with Gasteiger partial charge in [-0.2, -0.15) is 0 Å². The van der Waals surface area contributed by atoms with E-state index in [0.29, 0.717) is 23.9 Å². The third-order valence-electron chi connectivity index (χ3n) is 15.0. The fourth-order valence-electron chi connectivity index (χ4n) is 9.99. The number of amides is 1. The minimum absolute atomic E-state index is 0.0781. The van der Waals surface area contributed by atoms with Gasteiger partial charge in [-0.3, -0.25) is 13.8 Å². The van der Waals surface area contributed by atoms with Crippen LogP contribution in [0.3, 0.4) is 0 Å². The minimum Gasteiger partial charge on any atom is -0.391 e. The molecule has 8 nitrogen and oxygen atoms in total. The number of carbonyl (C=O) groups is 1. The highest BCUT2D eigenvalue weighted by Crippen LogP contribution is 2.43. The van der Waals surface area contributed by atoms with Crippen LogP contribution >= 0.6 is 7.82 Å². The molecule has 3 atom stereocenters. The molecule has 0 saturated heterocycles. The van der Waals surface area contributed by atoms with Gasteiger partial charge in [0.1, 0.15) is 13.2 Å². The molecule has 0 bridgehead atoms. The Bertz CT molecular complexity index is 1180.